The maximum absolute atomic E-state index is 2.44. The first-order chi connectivity index (χ1) is 27.3. The summed E-state index contributed by atoms with van der Waals surface area (Å²) in [5.74, 6) is 0. The molecule has 0 heterocycles. The van der Waals surface area contributed by atoms with Crippen LogP contribution in [0.5, 0.6) is 0 Å². The van der Waals surface area contributed by atoms with Crippen molar-refractivity contribution in [3.8, 4) is 33.4 Å². The van der Waals surface area contributed by atoms with Gasteiger partial charge in [0, 0.05) is 22.7 Å². The SMILES string of the molecule is Cc1ccccc1N(c1cccc(-c2ccccc2)c1)c1c(C)cc(-c2cc(C)c(N(c3cccc(-c4ccccc4)c3)c3ccccc3C)c(C)c2)cc1C. The summed E-state index contributed by atoms with van der Waals surface area (Å²) in [6.45, 7) is 13.4. The Kier molecular flexibility index (Phi) is 10.1. The fraction of sp³-hybridized carbons (Fsp3) is 0.111. The minimum Gasteiger partial charge on any atom is -0.310 e. The topological polar surface area (TPSA) is 6.48 Å². The highest BCUT2D eigenvalue weighted by Crippen LogP contribution is 2.45. The van der Waals surface area contributed by atoms with Gasteiger partial charge in [-0.1, -0.05) is 121 Å². The zero-order valence-electron chi connectivity index (χ0n) is 33.2. The number of anilines is 6. The minimum atomic E-state index is 1.14. The van der Waals surface area contributed by atoms with Crippen LogP contribution >= 0.6 is 0 Å². The molecule has 2 nitrogen and oxygen atoms in total. The summed E-state index contributed by atoms with van der Waals surface area (Å²) in [6, 6.07) is 66.0. The molecule has 8 aromatic carbocycles. The molecule has 0 N–H and O–H groups in total. The highest BCUT2D eigenvalue weighted by atomic mass is 15.2. The fourth-order valence-corrected chi connectivity index (χ4v) is 8.27. The normalized spacial score (nSPS) is 11.0. The van der Waals surface area contributed by atoms with E-state index in [0.717, 1.165) is 11.4 Å². The second-order valence-corrected chi connectivity index (χ2v) is 15.0. The van der Waals surface area contributed by atoms with Gasteiger partial charge in [-0.05, 0) is 169 Å². The average Bonchev–Trinajstić information content (AvgIpc) is 3.22. The molecule has 0 aromatic heterocycles. The number of para-hydroxylation sites is 2. The number of aryl methyl sites for hydroxylation is 6. The van der Waals surface area contributed by atoms with Crippen LogP contribution in [0.1, 0.15) is 33.4 Å². The first-order valence-corrected chi connectivity index (χ1v) is 19.5. The van der Waals surface area contributed by atoms with Crippen LogP contribution in [-0.2, 0) is 0 Å². The number of hydrogen-bond donors (Lipinski definition) is 0. The molecule has 0 bridgehead atoms. The standard InChI is InChI=1S/C54H48N2/c1-37-19-13-15-29-51(37)55(49-27-17-25-45(35-49)43-21-9-7-10-22-43)53-39(3)31-47(32-40(53)4)48-33-41(5)54(42(6)34-48)56(52-30-16-14-20-38(52)2)50-28-18-26-46(36-50)44-23-11-8-12-24-44/h7-36H,1-6H3. The van der Waals surface area contributed by atoms with E-state index in [2.05, 4.69) is 233 Å². The van der Waals surface area contributed by atoms with E-state index in [1.807, 2.05) is 0 Å². The van der Waals surface area contributed by atoms with Crippen molar-refractivity contribution in [3.05, 3.63) is 215 Å². The Morgan fingerprint density at radius 3 is 0.929 bits per heavy atom. The Bertz CT molecular complexity index is 2420. The second kappa shape index (κ2) is 15.6. The molecule has 0 spiro atoms. The van der Waals surface area contributed by atoms with Gasteiger partial charge in [0.1, 0.15) is 0 Å². The Labute approximate surface area is 333 Å². The summed E-state index contributed by atoms with van der Waals surface area (Å²) >= 11 is 0. The monoisotopic (exact) mass is 724 g/mol. The van der Waals surface area contributed by atoms with Gasteiger partial charge < -0.3 is 9.80 Å². The van der Waals surface area contributed by atoms with Gasteiger partial charge in [-0.2, -0.15) is 0 Å². The fourth-order valence-electron chi connectivity index (χ4n) is 8.27. The van der Waals surface area contributed by atoms with Crippen molar-refractivity contribution < 1.29 is 0 Å². The molecule has 56 heavy (non-hydrogen) atoms. The smallest absolute Gasteiger partial charge is 0.0520 e. The molecular weight excluding hydrogens is 677 g/mol. The molecule has 0 unspecified atom stereocenters. The molecule has 0 saturated heterocycles. The van der Waals surface area contributed by atoms with E-state index in [1.165, 1.54) is 89.5 Å². The third-order valence-electron chi connectivity index (χ3n) is 10.9. The van der Waals surface area contributed by atoms with Gasteiger partial charge >= 0.3 is 0 Å². The lowest BCUT2D eigenvalue weighted by Gasteiger charge is -2.31. The molecule has 2 heteroatoms. The van der Waals surface area contributed by atoms with Gasteiger partial charge in [-0.15, -0.1) is 0 Å². The zero-order chi connectivity index (χ0) is 38.8. The van der Waals surface area contributed by atoms with Crippen LogP contribution in [0.3, 0.4) is 0 Å². The van der Waals surface area contributed by atoms with Crippen LogP contribution in [0.25, 0.3) is 33.4 Å². The third-order valence-corrected chi connectivity index (χ3v) is 10.9. The predicted molar refractivity (Wildman–Crippen MR) is 241 cm³/mol. The first kappa shape index (κ1) is 36.3. The summed E-state index contributed by atoms with van der Waals surface area (Å²) in [5.41, 5.74) is 21.7. The van der Waals surface area contributed by atoms with E-state index in [1.54, 1.807) is 0 Å². The van der Waals surface area contributed by atoms with Gasteiger partial charge in [0.15, 0.2) is 0 Å². The molecule has 274 valence electrons. The highest BCUT2D eigenvalue weighted by Gasteiger charge is 2.23. The molecule has 0 amide bonds. The maximum atomic E-state index is 2.44. The molecule has 0 radical (unpaired) electrons. The van der Waals surface area contributed by atoms with E-state index in [-0.39, 0.29) is 0 Å². The number of rotatable bonds is 9. The lowest BCUT2D eigenvalue weighted by Crippen LogP contribution is -2.15. The summed E-state index contributed by atoms with van der Waals surface area (Å²) in [7, 11) is 0. The number of benzene rings is 8. The second-order valence-electron chi connectivity index (χ2n) is 15.0. The first-order valence-electron chi connectivity index (χ1n) is 19.5. The maximum Gasteiger partial charge on any atom is 0.0520 e. The van der Waals surface area contributed by atoms with Crippen LogP contribution < -0.4 is 9.80 Å². The zero-order valence-corrected chi connectivity index (χ0v) is 33.2. The molecule has 0 saturated carbocycles. The van der Waals surface area contributed by atoms with Crippen molar-refractivity contribution in [1.29, 1.82) is 0 Å². The largest absolute Gasteiger partial charge is 0.310 e. The van der Waals surface area contributed by atoms with E-state index in [4.69, 9.17) is 0 Å². The molecular formula is C54H48N2. The van der Waals surface area contributed by atoms with Gasteiger partial charge in [0.05, 0.1) is 11.4 Å². The third kappa shape index (κ3) is 7.14. The molecule has 8 rings (SSSR count). The van der Waals surface area contributed by atoms with Crippen molar-refractivity contribution >= 4 is 34.1 Å². The van der Waals surface area contributed by atoms with Gasteiger partial charge in [-0.3, -0.25) is 0 Å². The number of nitrogens with zero attached hydrogens (tertiary/aromatic N) is 2. The van der Waals surface area contributed by atoms with Crippen molar-refractivity contribution in [2.24, 2.45) is 0 Å². The Hall–Kier alpha value is -6.64. The predicted octanol–water partition coefficient (Wildman–Crippen LogP) is 15.5. The molecule has 8 aromatic rings. The van der Waals surface area contributed by atoms with E-state index in [0.29, 0.717) is 0 Å². The summed E-state index contributed by atoms with van der Waals surface area (Å²) in [4.78, 5) is 4.89. The minimum absolute atomic E-state index is 1.14. The van der Waals surface area contributed by atoms with Crippen LogP contribution in [0.4, 0.5) is 34.1 Å². The highest BCUT2D eigenvalue weighted by molar-refractivity contribution is 5.88. The van der Waals surface area contributed by atoms with Crippen molar-refractivity contribution in [2.45, 2.75) is 41.5 Å². The van der Waals surface area contributed by atoms with E-state index >= 15 is 0 Å². The Balaban J connectivity index is 1.23. The van der Waals surface area contributed by atoms with Gasteiger partial charge in [0.25, 0.3) is 0 Å². The number of hydrogen-bond acceptors (Lipinski definition) is 2. The lowest BCUT2D eigenvalue weighted by molar-refractivity contribution is 1.19. The van der Waals surface area contributed by atoms with Crippen LogP contribution in [-0.4, -0.2) is 0 Å². The summed E-state index contributed by atoms with van der Waals surface area (Å²) in [6.07, 6.45) is 0. The van der Waals surface area contributed by atoms with Gasteiger partial charge in [0.2, 0.25) is 0 Å². The van der Waals surface area contributed by atoms with Crippen molar-refractivity contribution in [1.82, 2.24) is 0 Å². The van der Waals surface area contributed by atoms with Crippen LogP contribution in [0, 0.1) is 41.5 Å². The summed E-state index contributed by atoms with van der Waals surface area (Å²) < 4.78 is 0. The summed E-state index contributed by atoms with van der Waals surface area (Å²) in [5, 5.41) is 0. The Morgan fingerprint density at radius 1 is 0.250 bits per heavy atom. The van der Waals surface area contributed by atoms with Crippen LogP contribution in [0.15, 0.2) is 182 Å². The molecule has 0 aliphatic rings. The average molecular weight is 725 g/mol. The van der Waals surface area contributed by atoms with Gasteiger partial charge in [-0.25, -0.2) is 0 Å². The quantitative estimate of drug-likeness (QED) is 0.146. The molecule has 0 aliphatic heterocycles. The van der Waals surface area contributed by atoms with Crippen molar-refractivity contribution in [2.75, 3.05) is 9.80 Å². The van der Waals surface area contributed by atoms with Crippen molar-refractivity contribution in [3.63, 3.8) is 0 Å². The Morgan fingerprint density at radius 2 is 0.571 bits per heavy atom. The molecule has 0 atom stereocenters. The van der Waals surface area contributed by atoms with Crippen LogP contribution in [0.2, 0.25) is 0 Å². The van der Waals surface area contributed by atoms with E-state index < -0.39 is 0 Å². The van der Waals surface area contributed by atoms with E-state index in [9.17, 15) is 0 Å². The molecule has 0 fully saturated rings. The molecule has 0 aliphatic carbocycles. The lowest BCUT2D eigenvalue weighted by atomic mass is 9.93.